The van der Waals surface area contributed by atoms with Gasteiger partial charge in [-0.1, -0.05) is 17.8 Å². The van der Waals surface area contributed by atoms with Crippen LogP contribution in [-0.2, 0) is 4.74 Å². The van der Waals surface area contributed by atoms with Gasteiger partial charge >= 0.3 is 5.97 Å². The molecule has 0 aromatic heterocycles. The molecule has 2 N–H and O–H groups in total. The van der Waals surface area contributed by atoms with E-state index in [0.29, 0.717) is 5.56 Å². The number of carbonyl (C=O) groups excluding carboxylic acids is 1. The van der Waals surface area contributed by atoms with E-state index in [1.807, 2.05) is 43.3 Å². The van der Waals surface area contributed by atoms with Crippen molar-refractivity contribution in [2.45, 2.75) is 16.7 Å². The molecule has 0 aliphatic carbocycles. The van der Waals surface area contributed by atoms with Crippen LogP contribution in [0.1, 0.15) is 15.9 Å². The number of ether oxygens (including phenoxy) is 1. The van der Waals surface area contributed by atoms with Gasteiger partial charge in [-0.15, -0.1) is 0 Å². The quantitative estimate of drug-likeness (QED) is 0.686. The summed E-state index contributed by atoms with van der Waals surface area (Å²) in [4.78, 5) is 13.6. The lowest BCUT2D eigenvalue weighted by atomic mass is 10.2. The maximum Gasteiger partial charge on any atom is 0.337 e. The molecule has 0 radical (unpaired) electrons. The SMILES string of the molecule is COC(=O)c1cccc(Sc2ccc(N)c(C)c2)c1. The van der Waals surface area contributed by atoms with Gasteiger partial charge in [0.1, 0.15) is 0 Å². The number of esters is 1. The Hall–Kier alpha value is -1.94. The predicted molar refractivity (Wildman–Crippen MR) is 77.5 cm³/mol. The van der Waals surface area contributed by atoms with E-state index in [2.05, 4.69) is 0 Å². The van der Waals surface area contributed by atoms with E-state index in [1.54, 1.807) is 17.8 Å². The third-order valence-electron chi connectivity index (χ3n) is 2.73. The lowest BCUT2D eigenvalue weighted by molar-refractivity contribution is 0.0600. The second kappa shape index (κ2) is 5.80. The summed E-state index contributed by atoms with van der Waals surface area (Å²) in [6, 6.07) is 13.3. The number of anilines is 1. The van der Waals surface area contributed by atoms with Crippen LogP contribution in [0.2, 0.25) is 0 Å². The second-order valence-electron chi connectivity index (χ2n) is 4.14. The van der Waals surface area contributed by atoms with Crippen molar-refractivity contribution in [2.75, 3.05) is 12.8 Å². The van der Waals surface area contributed by atoms with Gasteiger partial charge < -0.3 is 10.5 Å². The van der Waals surface area contributed by atoms with E-state index < -0.39 is 0 Å². The first kappa shape index (κ1) is 13.5. The molecule has 0 heterocycles. The molecule has 0 aliphatic heterocycles. The highest BCUT2D eigenvalue weighted by molar-refractivity contribution is 7.99. The summed E-state index contributed by atoms with van der Waals surface area (Å²) in [5, 5.41) is 0. The molecule has 0 bridgehead atoms. The summed E-state index contributed by atoms with van der Waals surface area (Å²) in [6.45, 7) is 1.98. The first-order valence-electron chi connectivity index (χ1n) is 5.82. The number of methoxy groups -OCH3 is 1. The molecule has 2 aromatic rings. The van der Waals surface area contributed by atoms with Crippen LogP contribution in [0, 0.1) is 6.92 Å². The van der Waals surface area contributed by atoms with Crippen molar-refractivity contribution in [3.8, 4) is 0 Å². The van der Waals surface area contributed by atoms with Gasteiger partial charge in [0.15, 0.2) is 0 Å². The standard InChI is InChI=1S/C15H15NO2S/c1-10-8-13(6-7-14(10)16)19-12-5-3-4-11(9-12)15(17)18-2/h3-9H,16H2,1-2H3. The number of nitrogens with two attached hydrogens (primary N) is 1. The molecule has 2 rings (SSSR count). The highest BCUT2D eigenvalue weighted by Crippen LogP contribution is 2.30. The van der Waals surface area contributed by atoms with E-state index >= 15 is 0 Å². The minimum atomic E-state index is -0.323. The fourth-order valence-electron chi connectivity index (χ4n) is 1.65. The van der Waals surface area contributed by atoms with E-state index in [1.165, 1.54) is 7.11 Å². The third-order valence-corrected chi connectivity index (χ3v) is 3.71. The van der Waals surface area contributed by atoms with Crippen LogP contribution in [0.4, 0.5) is 5.69 Å². The Morgan fingerprint density at radius 3 is 2.58 bits per heavy atom. The lowest BCUT2D eigenvalue weighted by Gasteiger charge is -2.06. The van der Waals surface area contributed by atoms with Crippen molar-refractivity contribution in [3.63, 3.8) is 0 Å². The lowest BCUT2D eigenvalue weighted by Crippen LogP contribution is -2.00. The van der Waals surface area contributed by atoms with Gasteiger partial charge in [-0.3, -0.25) is 0 Å². The Kier molecular flexibility index (Phi) is 4.12. The molecule has 0 fully saturated rings. The van der Waals surface area contributed by atoms with Gasteiger partial charge in [0.2, 0.25) is 0 Å². The summed E-state index contributed by atoms with van der Waals surface area (Å²) in [5.41, 5.74) is 8.18. The van der Waals surface area contributed by atoms with Crippen molar-refractivity contribution in [3.05, 3.63) is 53.6 Å². The smallest absolute Gasteiger partial charge is 0.337 e. The van der Waals surface area contributed by atoms with Crippen LogP contribution in [0.5, 0.6) is 0 Å². The Morgan fingerprint density at radius 1 is 1.16 bits per heavy atom. The molecule has 4 heteroatoms. The largest absolute Gasteiger partial charge is 0.465 e. The van der Waals surface area contributed by atoms with E-state index in [-0.39, 0.29) is 5.97 Å². The Morgan fingerprint density at radius 2 is 1.89 bits per heavy atom. The van der Waals surface area contributed by atoms with Crippen molar-refractivity contribution >= 4 is 23.4 Å². The number of hydrogen-bond donors (Lipinski definition) is 1. The fraction of sp³-hybridized carbons (Fsp3) is 0.133. The molecule has 0 unspecified atom stereocenters. The van der Waals surface area contributed by atoms with Crippen LogP contribution in [-0.4, -0.2) is 13.1 Å². The average molecular weight is 273 g/mol. The molecule has 3 nitrogen and oxygen atoms in total. The summed E-state index contributed by atoms with van der Waals surface area (Å²) < 4.78 is 4.71. The second-order valence-corrected chi connectivity index (χ2v) is 5.29. The number of benzene rings is 2. The summed E-state index contributed by atoms with van der Waals surface area (Å²) in [7, 11) is 1.38. The molecule has 0 atom stereocenters. The van der Waals surface area contributed by atoms with Crippen LogP contribution in [0.25, 0.3) is 0 Å². The molecule has 0 spiro atoms. The Bertz CT molecular complexity index is 611. The van der Waals surface area contributed by atoms with E-state index in [4.69, 9.17) is 10.5 Å². The normalized spacial score (nSPS) is 10.2. The molecule has 98 valence electrons. The minimum absolute atomic E-state index is 0.323. The van der Waals surface area contributed by atoms with Crippen molar-refractivity contribution < 1.29 is 9.53 Å². The monoisotopic (exact) mass is 273 g/mol. The fourth-order valence-corrected chi connectivity index (χ4v) is 2.63. The molecule has 19 heavy (non-hydrogen) atoms. The number of rotatable bonds is 3. The molecule has 2 aromatic carbocycles. The summed E-state index contributed by atoms with van der Waals surface area (Å²) in [6.07, 6.45) is 0. The first-order valence-corrected chi connectivity index (χ1v) is 6.64. The first-order chi connectivity index (χ1) is 9.10. The summed E-state index contributed by atoms with van der Waals surface area (Å²) >= 11 is 1.59. The van der Waals surface area contributed by atoms with Gasteiger partial charge in [-0.2, -0.15) is 0 Å². The maximum atomic E-state index is 11.5. The predicted octanol–water partition coefficient (Wildman–Crippen LogP) is 3.52. The zero-order valence-electron chi connectivity index (χ0n) is 10.8. The number of aryl methyl sites for hydroxylation is 1. The van der Waals surface area contributed by atoms with Gasteiger partial charge in [0.25, 0.3) is 0 Å². The number of carbonyl (C=O) groups is 1. The van der Waals surface area contributed by atoms with Crippen LogP contribution < -0.4 is 5.73 Å². The molecule has 0 aliphatic rings. The highest BCUT2D eigenvalue weighted by atomic mass is 32.2. The molecular formula is C15H15NO2S. The van der Waals surface area contributed by atoms with E-state index in [0.717, 1.165) is 21.0 Å². The van der Waals surface area contributed by atoms with Gasteiger partial charge in [-0.05, 0) is 48.9 Å². The third kappa shape index (κ3) is 3.29. The van der Waals surface area contributed by atoms with E-state index in [9.17, 15) is 4.79 Å². The van der Waals surface area contributed by atoms with Crippen molar-refractivity contribution in [1.29, 1.82) is 0 Å². The topological polar surface area (TPSA) is 52.3 Å². The van der Waals surface area contributed by atoms with Gasteiger partial charge in [0.05, 0.1) is 12.7 Å². The maximum absolute atomic E-state index is 11.5. The van der Waals surface area contributed by atoms with Gasteiger partial charge in [0, 0.05) is 15.5 Å². The highest BCUT2D eigenvalue weighted by Gasteiger charge is 2.06. The van der Waals surface area contributed by atoms with Crippen LogP contribution >= 0.6 is 11.8 Å². The molecule has 0 saturated carbocycles. The Balaban J connectivity index is 2.23. The van der Waals surface area contributed by atoms with Crippen LogP contribution in [0.3, 0.4) is 0 Å². The zero-order valence-corrected chi connectivity index (χ0v) is 11.7. The van der Waals surface area contributed by atoms with Crippen molar-refractivity contribution in [1.82, 2.24) is 0 Å². The average Bonchev–Trinajstić information content (AvgIpc) is 2.42. The minimum Gasteiger partial charge on any atom is -0.465 e. The number of nitrogen functional groups attached to an aromatic ring is 1. The summed E-state index contributed by atoms with van der Waals surface area (Å²) in [5.74, 6) is -0.323. The van der Waals surface area contributed by atoms with Crippen molar-refractivity contribution in [2.24, 2.45) is 0 Å². The van der Waals surface area contributed by atoms with Gasteiger partial charge in [-0.25, -0.2) is 4.79 Å². The zero-order chi connectivity index (χ0) is 13.8. The molecule has 0 amide bonds. The van der Waals surface area contributed by atoms with Crippen LogP contribution in [0.15, 0.2) is 52.3 Å². The molecular weight excluding hydrogens is 258 g/mol. The molecule has 0 saturated heterocycles. The number of hydrogen-bond acceptors (Lipinski definition) is 4. The Labute approximate surface area is 116 Å².